The van der Waals surface area contributed by atoms with E-state index in [0.717, 1.165) is 17.5 Å². The third-order valence-electron chi connectivity index (χ3n) is 2.94. The molecule has 0 bridgehead atoms. The maximum atomic E-state index is 4.36. The Kier molecular flexibility index (Phi) is 2.70. The Bertz CT molecular complexity index is 488. The summed E-state index contributed by atoms with van der Waals surface area (Å²) in [6.07, 6.45) is 6.73. The average molecular weight is 315 g/mol. The van der Waals surface area contributed by atoms with Crippen molar-refractivity contribution < 1.29 is 0 Å². The van der Waals surface area contributed by atoms with Crippen LogP contribution in [0.5, 0.6) is 0 Å². The summed E-state index contributed by atoms with van der Waals surface area (Å²) in [7, 11) is 0. The van der Waals surface area contributed by atoms with Gasteiger partial charge in [0.15, 0.2) is 0 Å². The zero-order valence-electron chi connectivity index (χ0n) is 9.16. The SMILES string of the molecule is CCC(C)(C)n1cc(I)c2cncnc21. The van der Waals surface area contributed by atoms with Crippen molar-refractivity contribution in [1.82, 2.24) is 14.5 Å². The minimum atomic E-state index is 0.107. The molecule has 0 spiro atoms. The number of nitrogens with zero attached hydrogens (tertiary/aromatic N) is 3. The molecule has 0 aliphatic rings. The number of hydrogen-bond acceptors (Lipinski definition) is 2. The zero-order chi connectivity index (χ0) is 11.1. The van der Waals surface area contributed by atoms with Crippen molar-refractivity contribution in [3.8, 4) is 0 Å². The minimum absolute atomic E-state index is 0.107. The Morgan fingerprint density at radius 1 is 1.47 bits per heavy atom. The first-order chi connectivity index (χ1) is 7.06. The van der Waals surface area contributed by atoms with E-state index < -0.39 is 0 Å². The first-order valence-corrected chi connectivity index (χ1v) is 6.11. The fourth-order valence-electron chi connectivity index (χ4n) is 1.56. The van der Waals surface area contributed by atoms with E-state index >= 15 is 0 Å². The Hall–Kier alpha value is -0.650. The lowest BCUT2D eigenvalue weighted by Gasteiger charge is -2.25. The topological polar surface area (TPSA) is 30.7 Å². The highest BCUT2D eigenvalue weighted by Gasteiger charge is 2.21. The van der Waals surface area contributed by atoms with Crippen molar-refractivity contribution in [2.75, 3.05) is 0 Å². The highest BCUT2D eigenvalue weighted by atomic mass is 127. The lowest BCUT2D eigenvalue weighted by Crippen LogP contribution is -2.24. The molecule has 2 aromatic heterocycles. The quantitative estimate of drug-likeness (QED) is 0.797. The largest absolute Gasteiger partial charge is 0.326 e. The number of fused-ring (bicyclic) bond motifs is 1. The van der Waals surface area contributed by atoms with E-state index in [0.29, 0.717) is 0 Å². The molecule has 0 N–H and O–H groups in total. The number of hydrogen-bond donors (Lipinski definition) is 0. The molecule has 0 aliphatic heterocycles. The maximum Gasteiger partial charge on any atom is 0.144 e. The summed E-state index contributed by atoms with van der Waals surface area (Å²) in [4.78, 5) is 8.43. The van der Waals surface area contributed by atoms with Crippen molar-refractivity contribution >= 4 is 33.6 Å². The molecule has 0 saturated heterocycles. The highest BCUT2D eigenvalue weighted by Crippen LogP contribution is 2.28. The van der Waals surface area contributed by atoms with Crippen LogP contribution < -0.4 is 0 Å². The molecule has 2 aromatic rings. The van der Waals surface area contributed by atoms with Gasteiger partial charge in [0, 0.05) is 21.5 Å². The van der Waals surface area contributed by atoms with Crippen LogP contribution in [0.3, 0.4) is 0 Å². The third kappa shape index (κ3) is 1.75. The second-order valence-electron chi connectivity index (χ2n) is 4.27. The smallest absolute Gasteiger partial charge is 0.144 e. The fourth-order valence-corrected chi connectivity index (χ4v) is 2.22. The van der Waals surface area contributed by atoms with Crippen LogP contribution in [-0.4, -0.2) is 14.5 Å². The lowest BCUT2D eigenvalue weighted by molar-refractivity contribution is 0.352. The second-order valence-corrected chi connectivity index (χ2v) is 5.44. The van der Waals surface area contributed by atoms with Crippen molar-refractivity contribution in [3.05, 3.63) is 22.3 Å². The Labute approximate surface area is 103 Å². The normalized spacial score (nSPS) is 12.3. The molecule has 0 unspecified atom stereocenters. The molecular formula is C11H14IN3. The summed E-state index contributed by atoms with van der Waals surface area (Å²) in [5.41, 5.74) is 1.14. The maximum absolute atomic E-state index is 4.36. The van der Waals surface area contributed by atoms with Gasteiger partial charge in [0.2, 0.25) is 0 Å². The predicted octanol–water partition coefficient (Wildman–Crippen LogP) is 3.18. The fraction of sp³-hybridized carbons (Fsp3) is 0.455. The Morgan fingerprint density at radius 3 is 2.87 bits per heavy atom. The van der Waals surface area contributed by atoms with Crippen molar-refractivity contribution in [2.45, 2.75) is 32.7 Å². The Morgan fingerprint density at radius 2 is 2.20 bits per heavy atom. The van der Waals surface area contributed by atoms with Crippen LogP contribution in [0, 0.1) is 3.57 Å². The van der Waals surface area contributed by atoms with E-state index in [9.17, 15) is 0 Å². The van der Waals surface area contributed by atoms with E-state index in [1.165, 1.54) is 3.57 Å². The first-order valence-electron chi connectivity index (χ1n) is 5.03. The van der Waals surface area contributed by atoms with Gasteiger partial charge < -0.3 is 4.57 Å². The molecule has 4 heteroatoms. The van der Waals surface area contributed by atoms with Gasteiger partial charge in [0.1, 0.15) is 12.0 Å². The van der Waals surface area contributed by atoms with Gasteiger partial charge in [-0.3, -0.25) is 0 Å². The van der Waals surface area contributed by atoms with Crippen molar-refractivity contribution in [1.29, 1.82) is 0 Å². The summed E-state index contributed by atoms with van der Waals surface area (Å²) < 4.78 is 3.45. The minimum Gasteiger partial charge on any atom is -0.326 e. The van der Waals surface area contributed by atoms with E-state index in [4.69, 9.17) is 0 Å². The molecule has 0 atom stereocenters. The molecule has 0 fully saturated rings. The van der Waals surface area contributed by atoms with Gasteiger partial charge in [0.05, 0.1) is 5.39 Å². The van der Waals surface area contributed by atoms with E-state index in [1.807, 2.05) is 6.20 Å². The van der Waals surface area contributed by atoms with Crippen LogP contribution in [0.15, 0.2) is 18.7 Å². The van der Waals surface area contributed by atoms with E-state index in [-0.39, 0.29) is 5.54 Å². The molecule has 0 saturated carbocycles. The van der Waals surface area contributed by atoms with Crippen LogP contribution in [0.25, 0.3) is 11.0 Å². The third-order valence-corrected chi connectivity index (χ3v) is 3.80. The summed E-state index contributed by atoms with van der Waals surface area (Å²) in [6, 6.07) is 0. The monoisotopic (exact) mass is 315 g/mol. The van der Waals surface area contributed by atoms with Crippen molar-refractivity contribution in [2.24, 2.45) is 0 Å². The molecule has 80 valence electrons. The summed E-state index contributed by atoms with van der Waals surface area (Å²) in [5.74, 6) is 0. The molecule has 0 aliphatic carbocycles. The van der Waals surface area contributed by atoms with Gasteiger partial charge >= 0.3 is 0 Å². The van der Waals surface area contributed by atoms with Crippen LogP contribution in [0.4, 0.5) is 0 Å². The average Bonchev–Trinajstić information content (AvgIpc) is 2.58. The molecule has 2 heterocycles. The highest BCUT2D eigenvalue weighted by molar-refractivity contribution is 14.1. The van der Waals surface area contributed by atoms with Gasteiger partial charge in [0.25, 0.3) is 0 Å². The molecule has 15 heavy (non-hydrogen) atoms. The lowest BCUT2D eigenvalue weighted by atomic mass is 10.0. The Balaban J connectivity index is 2.72. The standard InChI is InChI=1S/C11H14IN3/c1-4-11(2,3)15-6-9(12)8-5-13-7-14-10(8)15/h5-7H,4H2,1-3H3. The van der Waals surface area contributed by atoms with E-state index in [2.05, 4.69) is 64.1 Å². The van der Waals surface area contributed by atoms with Gasteiger partial charge in [-0.25, -0.2) is 9.97 Å². The van der Waals surface area contributed by atoms with Crippen molar-refractivity contribution in [3.63, 3.8) is 0 Å². The van der Waals surface area contributed by atoms with Gasteiger partial charge in [-0.1, -0.05) is 6.92 Å². The van der Waals surface area contributed by atoms with Gasteiger partial charge in [-0.15, -0.1) is 0 Å². The van der Waals surface area contributed by atoms with Crippen LogP contribution in [0.1, 0.15) is 27.2 Å². The summed E-state index contributed by atoms with van der Waals surface area (Å²) in [6.45, 7) is 6.65. The van der Waals surface area contributed by atoms with E-state index in [1.54, 1.807) is 6.33 Å². The summed E-state index contributed by atoms with van der Waals surface area (Å²) in [5, 5.41) is 1.14. The molecule has 3 nitrogen and oxygen atoms in total. The molecule has 2 rings (SSSR count). The molecule has 0 amide bonds. The van der Waals surface area contributed by atoms with Crippen LogP contribution in [0.2, 0.25) is 0 Å². The summed E-state index contributed by atoms with van der Waals surface area (Å²) >= 11 is 2.33. The molecule has 0 radical (unpaired) electrons. The van der Waals surface area contributed by atoms with Crippen LogP contribution in [-0.2, 0) is 5.54 Å². The number of aromatic nitrogens is 3. The second kappa shape index (κ2) is 3.73. The number of halogens is 1. The van der Waals surface area contributed by atoms with Crippen LogP contribution >= 0.6 is 22.6 Å². The molecule has 0 aromatic carbocycles. The first kappa shape index (κ1) is 10.9. The molecular weight excluding hydrogens is 301 g/mol. The number of rotatable bonds is 2. The van der Waals surface area contributed by atoms with Gasteiger partial charge in [-0.2, -0.15) is 0 Å². The van der Waals surface area contributed by atoms with Gasteiger partial charge in [-0.05, 0) is 42.9 Å². The predicted molar refractivity (Wildman–Crippen MR) is 69.9 cm³/mol. The zero-order valence-corrected chi connectivity index (χ0v) is 11.3.